The molecule has 0 aliphatic heterocycles. The van der Waals surface area contributed by atoms with E-state index in [1.165, 1.54) is 225 Å². The zero-order chi connectivity index (χ0) is 59.2. The standard InChI is InChI=1S/C76H136O6/c1-4-7-10-13-16-19-22-25-28-31-34-36-37-38-40-42-45-48-51-54-57-60-63-66-69-75(78)81-72-73(71-80-74(77)68-65-62-59-56-53-50-47-44-41-33-30-27-24-21-18-15-12-9-6-3)82-76(79)70-67-64-61-58-55-52-49-46-43-39-35-32-29-26-23-20-17-14-11-8-5-2/h8,11,17,20,26-27,29-30,35,39,46,49,73H,4-7,9-10,12-16,18-19,21-25,28,31-34,36-38,40-45,47-48,50-72H2,1-3H3/b11-8-,20-17-,29-26-,30-27-,39-35-,49-46-. The van der Waals surface area contributed by atoms with E-state index in [4.69, 9.17) is 14.2 Å². The van der Waals surface area contributed by atoms with E-state index < -0.39 is 6.10 Å². The summed E-state index contributed by atoms with van der Waals surface area (Å²) >= 11 is 0. The molecule has 0 rings (SSSR count). The lowest BCUT2D eigenvalue weighted by Crippen LogP contribution is -2.30. The van der Waals surface area contributed by atoms with Crippen LogP contribution in [0.15, 0.2) is 72.9 Å². The molecule has 0 radical (unpaired) electrons. The molecule has 0 heterocycles. The smallest absolute Gasteiger partial charge is 0.306 e. The molecule has 0 spiro atoms. The fourth-order valence-electron chi connectivity index (χ4n) is 10.6. The molecule has 0 saturated heterocycles. The largest absolute Gasteiger partial charge is 0.462 e. The summed E-state index contributed by atoms with van der Waals surface area (Å²) in [5, 5.41) is 0. The second-order valence-electron chi connectivity index (χ2n) is 24.1. The van der Waals surface area contributed by atoms with Crippen molar-refractivity contribution in [2.75, 3.05) is 13.2 Å². The molecule has 0 fully saturated rings. The molecule has 0 saturated carbocycles. The van der Waals surface area contributed by atoms with Crippen LogP contribution in [0.25, 0.3) is 0 Å². The number of carbonyl (C=O) groups excluding carboxylic acids is 3. The van der Waals surface area contributed by atoms with Gasteiger partial charge in [0.15, 0.2) is 6.10 Å². The van der Waals surface area contributed by atoms with E-state index >= 15 is 0 Å². The van der Waals surface area contributed by atoms with E-state index in [0.29, 0.717) is 19.3 Å². The van der Waals surface area contributed by atoms with Crippen molar-refractivity contribution in [3.05, 3.63) is 72.9 Å². The Hall–Kier alpha value is -3.15. The SMILES string of the molecule is CC/C=C\C/C=C\C/C=C\C/C=C\C/C=C\CCCCCCCC(=O)OC(COC(=O)CCCCCCCCCCC/C=C\CCCCCCCC)COC(=O)CCCCCCCCCCCCCCCCCCCCCCCCCC. The predicted molar refractivity (Wildman–Crippen MR) is 358 cm³/mol. The van der Waals surface area contributed by atoms with Gasteiger partial charge in [0.05, 0.1) is 0 Å². The van der Waals surface area contributed by atoms with E-state index in [1.54, 1.807) is 0 Å². The van der Waals surface area contributed by atoms with Crippen molar-refractivity contribution < 1.29 is 28.6 Å². The number of hydrogen-bond donors (Lipinski definition) is 0. The summed E-state index contributed by atoms with van der Waals surface area (Å²) in [5.74, 6) is -0.878. The molecule has 0 aromatic heterocycles. The van der Waals surface area contributed by atoms with Crippen molar-refractivity contribution >= 4 is 17.9 Å². The average Bonchev–Trinajstić information content (AvgIpc) is 3.47. The minimum Gasteiger partial charge on any atom is -0.462 e. The Morgan fingerprint density at radius 2 is 0.476 bits per heavy atom. The summed E-state index contributed by atoms with van der Waals surface area (Å²) in [5.41, 5.74) is 0. The maximum Gasteiger partial charge on any atom is 0.306 e. The van der Waals surface area contributed by atoms with Crippen LogP contribution < -0.4 is 0 Å². The Morgan fingerprint density at radius 3 is 0.756 bits per heavy atom. The third kappa shape index (κ3) is 67.6. The highest BCUT2D eigenvalue weighted by Crippen LogP contribution is 2.18. The highest BCUT2D eigenvalue weighted by molar-refractivity contribution is 5.71. The Morgan fingerprint density at radius 1 is 0.256 bits per heavy atom. The Balaban J connectivity index is 4.36. The van der Waals surface area contributed by atoms with Gasteiger partial charge in [-0.2, -0.15) is 0 Å². The van der Waals surface area contributed by atoms with Gasteiger partial charge in [-0.1, -0.05) is 338 Å². The molecule has 0 amide bonds. The number of unbranched alkanes of at least 4 members (excludes halogenated alkanes) is 43. The van der Waals surface area contributed by atoms with Gasteiger partial charge in [0, 0.05) is 19.3 Å². The Kier molecular flexibility index (Phi) is 67.6. The molecule has 82 heavy (non-hydrogen) atoms. The van der Waals surface area contributed by atoms with Gasteiger partial charge in [-0.3, -0.25) is 14.4 Å². The van der Waals surface area contributed by atoms with Gasteiger partial charge in [-0.25, -0.2) is 0 Å². The second-order valence-corrected chi connectivity index (χ2v) is 24.1. The van der Waals surface area contributed by atoms with Crippen LogP contribution in [-0.2, 0) is 28.6 Å². The van der Waals surface area contributed by atoms with Gasteiger partial charge in [0.1, 0.15) is 13.2 Å². The van der Waals surface area contributed by atoms with Crippen LogP contribution in [-0.4, -0.2) is 37.2 Å². The number of esters is 3. The summed E-state index contributed by atoms with van der Waals surface area (Å²) in [6.45, 7) is 6.57. The lowest BCUT2D eigenvalue weighted by atomic mass is 10.0. The molecule has 6 nitrogen and oxygen atoms in total. The quantitative estimate of drug-likeness (QED) is 0.0261. The van der Waals surface area contributed by atoms with E-state index in [9.17, 15) is 14.4 Å². The summed E-state index contributed by atoms with van der Waals surface area (Å²) in [6, 6.07) is 0. The summed E-state index contributed by atoms with van der Waals surface area (Å²) in [4.78, 5) is 38.5. The molecule has 0 N–H and O–H groups in total. The van der Waals surface area contributed by atoms with Crippen molar-refractivity contribution in [2.24, 2.45) is 0 Å². The van der Waals surface area contributed by atoms with Gasteiger partial charge in [-0.15, -0.1) is 0 Å². The van der Waals surface area contributed by atoms with Crippen molar-refractivity contribution in [3.8, 4) is 0 Å². The van der Waals surface area contributed by atoms with E-state index in [1.807, 2.05) is 0 Å². The van der Waals surface area contributed by atoms with Gasteiger partial charge < -0.3 is 14.2 Å². The minimum atomic E-state index is -0.788. The molecule has 0 bridgehead atoms. The van der Waals surface area contributed by atoms with E-state index in [2.05, 4.69) is 93.7 Å². The van der Waals surface area contributed by atoms with Crippen LogP contribution in [0, 0.1) is 0 Å². The number of hydrogen-bond acceptors (Lipinski definition) is 6. The molecular formula is C76H136O6. The van der Waals surface area contributed by atoms with Crippen LogP contribution in [0.3, 0.4) is 0 Å². The predicted octanol–water partition coefficient (Wildman–Crippen LogP) is 24.8. The molecule has 0 aliphatic rings. The number of rotatable bonds is 66. The number of allylic oxidation sites excluding steroid dienone is 12. The third-order valence-corrected chi connectivity index (χ3v) is 15.9. The van der Waals surface area contributed by atoms with Crippen LogP contribution in [0.1, 0.15) is 374 Å². The van der Waals surface area contributed by atoms with Gasteiger partial charge >= 0.3 is 17.9 Å². The zero-order valence-corrected chi connectivity index (χ0v) is 54.8. The topological polar surface area (TPSA) is 78.9 Å². The Labute approximate surface area is 510 Å². The molecule has 1 atom stereocenters. The zero-order valence-electron chi connectivity index (χ0n) is 54.8. The highest BCUT2D eigenvalue weighted by atomic mass is 16.6. The first-order valence-electron chi connectivity index (χ1n) is 35.9. The van der Waals surface area contributed by atoms with Gasteiger partial charge in [0.25, 0.3) is 0 Å². The van der Waals surface area contributed by atoms with Crippen molar-refractivity contribution in [1.29, 1.82) is 0 Å². The maximum atomic E-state index is 13.0. The summed E-state index contributed by atoms with van der Waals surface area (Å²) in [6.07, 6.45) is 92.1. The molecular weight excluding hydrogens is 1010 g/mol. The summed E-state index contributed by atoms with van der Waals surface area (Å²) < 4.78 is 17.0. The van der Waals surface area contributed by atoms with E-state index in [-0.39, 0.29) is 31.1 Å². The first-order chi connectivity index (χ1) is 40.5. The molecule has 0 aromatic rings. The third-order valence-electron chi connectivity index (χ3n) is 15.9. The van der Waals surface area contributed by atoms with Gasteiger partial charge in [0.2, 0.25) is 0 Å². The van der Waals surface area contributed by atoms with Crippen molar-refractivity contribution in [1.82, 2.24) is 0 Å². The number of carbonyl (C=O) groups is 3. The van der Waals surface area contributed by atoms with Gasteiger partial charge in [-0.05, 0) is 89.9 Å². The molecule has 476 valence electrons. The lowest BCUT2D eigenvalue weighted by molar-refractivity contribution is -0.167. The lowest BCUT2D eigenvalue weighted by Gasteiger charge is -2.18. The van der Waals surface area contributed by atoms with Crippen LogP contribution in [0.2, 0.25) is 0 Å². The van der Waals surface area contributed by atoms with E-state index in [0.717, 1.165) is 109 Å². The molecule has 0 aliphatic carbocycles. The monoisotopic (exact) mass is 1150 g/mol. The fraction of sp³-hybridized carbons (Fsp3) is 0.803. The molecule has 0 aromatic carbocycles. The van der Waals surface area contributed by atoms with Crippen molar-refractivity contribution in [2.45, 2.75) is 380 Å². The van der Waals surface area contributed by atoms with Crippen LogP contribution in [0.4, 0.5) is 0 Å². The first-order valence-corrected chi connectivity index (χ1v) is 35.9. The van der Waals surface area contributed by atoms with Crippen LogP contribution in [0.5, 0.6) is 0 Å². The molecule has 1 unspecified atom stereocenters. The summed E-state index contributed by atoms with van der Waals surface area (Å²) in [7, 11) is 0. The highest BCUT2D eigenvalue weighted by Gasteiger charge is 2.19. The maximum absolute atomic E-state index is 13.0. The van der Waals surface area contributed by atoms with Crippen molar-refractivity contribution in [3.63, 3.8) is 0 Å². The second kappa shape index (κ2) is 70.3. The van der Waals surface area contributed by atoms with Crippen LogP contribution >= 0.6 is 0 Å². The minimum absolute atomic E-state index is 0.0803. The number of ether oxygens (including phenoxy) is 3. The fourth-order valence-corrected chi connectivity index (χ4v) is 10.6. The first kappa shape index (κ1) is 78.8. The Bertz CT molecular complexity index is 1500. The molecule has 6 heteroatoms. The normalized spacial score (nSPS) is 12.5. The average molecular weight is 1150 g/mol.